The van der Waals surface area contributed by atoms with Crippen molar-refractivity contribution in [2.24, 2.45) is 5.73 Å². The Morgan fingerprint density at radius 2 is 1.53 bits per heavy atom. The van der Waals surface area contributed by atoms with Gasteiger partial charge in [0.1, 0.15) is 0 Å². The number of hydrogen-bond donors (Lipinski definition) is 1. The maximum atomic E-state index is 6.43. The first kappa shape index (κ1) is 13.8. The molecule has 0 amide bonds. The fourth-order valence-electron chi connectivity index (χ4n) is 2.66. The molecule has 0 aromatic heterocycles. The van der Waals surface area contributed by atoms with E-state index in [-0.39, 0.29) is 6.04 Å². The van der Waals surface area contributed by atoms with Gasteiger partial charge in [-0.1, -0.05) is 42.0 Å². The van der Waals surface area contributed by atoms with Crippen LogP contribution in [0.1, 0.15) is 39.4 Å². The van der Waals surface area contributed by atoms with Crippen LogP contribution >= 0.6 is 0 Å². The molecule has 0 heterocycles. The molecular formula is C18H23N. The minimum atomic E-state index is 0.0692. The maximum absolute atomic E-state index is 6.43. The van der Waals surface area contributed by atoms with Crippen LogP contribution in [0.3, 0.4) is 0 Å². The second-order valence-electron chi connectivity index (χ2n) is 5.54. The molecule has 0 bridgehead atoms. The molecule has 0 aliphatic rings. The average Bonchev–Trinajstić information content (AvgIpc) is 2.37. The summed E-state index contributed by atoms with van der Waals surface area (Å²) in [4.78, 5) is 0. The van der Waals surface area contributed by atoms with Gasteiger partial charge in [-0.05, 0) is 61.9 Å². The molecule has 1 nitrogen and oxygen atoms in total. The Labute approximate surface area is 116 Å². The number of nitrogens with two attached hydrogens (primary N) is 1. The largest absolute Gasteiger partial charge is 0.324 e. The third-order valence-electron chi connectivity index (χ3n) is 3.90. The van der Waals surface area contributed by atoms with Gasteiger partial charge >= 0.3 is 0 Å². The molecule has 2 aromatic rings. The zero-order valence-electron chi connectivity index (χ0n) is 12.3. The van der Waals surface area contributed by atoms with Crippen molar-refractivity contribution in [3.05, 3.63) is 69.8 Å². The predicted octanol–water partition coefficient (Wildman–Crippen LogP) is 4.16. The van der Waals surface area contributed by atoms with Crippen molar-refractivity contribution in [2.75, 3.05) is 0 Å². The van der Waals surface area contributed by atoms with Crippen LogP contribution in [-0.2, 0) is 6.42 Å². The molecule has 2 N–H and O–H groups in total. The van der Waals surface area contributed by atoms with Crippen LogP contribution in [0.25, 0.3) is 0 Å². The second kappa shape index (κ2) is 5.58. The summed E-state index contributed by atoms with van der Waals surface area (Å²) in [5.41, 5.74) is 14.3. The Morgan fingerprint density at radius 1 is 0.895 bits per heavy atom. The van der Waals surface area contributed by atoms with Crippen molar-refractivity contribution >= 4 is 0 Å². The Kier molecular flexibility index (Phi) is 4.06. The Hall–Kier alpha value is -1.60. The van der Waals surface area contributed by atoms with Crippen molar-refractivity contribution in [1.82, 2.24) is 0 Å². The van der Waals surface area contributed by atoms with E-state index in [9.17, 15) is 0 Å². The Balaban J connectivity index is 2.31. The minimum absolute atomic E-state index is 0.0692. The van der Waals surface area contributed by atoms with E-state index < -0.39 is 0 Å². The lowest BCUT2D eigenvalue weighted by molar-refractivity contribution is 0.709. The van der Waals surface area contributed by atoms with E-state index >= 15 is 0 Å². The standard InChI is InChI=1S/C18H23N/c1-12-8-9-15(4)17(10-12)18(19)11-16-13(2)6-5-7-14(16)3/h5-10,18H,11,19H2,1-4H3. The number of rotatable bonds is 3. The molecule has 0 radical (unpaired) electrons. The SMILES string of the molecule is Cc1ccc(C)c(C(N)Cc2c(C)cccc2C)c1. The first-order valence-corrected chi connectivity index (χ1v) is 6.87. The molecule has 0 saturated heterocycles. The van der Waals surface area contributed by atoms with Crippen LogP contribution in [0.5, 0.6) is 0 Å². The molecule has 0 saturated carbocycles. The fourth-order valence-corrected chi connectivity index (χ4v) is 2.66. The summed E-state index contributed by atoms with van der Waals surface area (Å²) in [6.45, 7) is 8.59. The molecule has 1 heteroatoms. The quantitative estimate of drug-likeness (QED) is 0.873. The minimum Gasteiger partial charge on any atom is -0.324 e. The summed E-state index contributed by atoms with van der Waals surface area (Å²) in [6.07, 6.45) is 0.906. The number of hydrogen-bond acceptors (Lipinski definition) is 1. The number of benzene rings is 2. The molecule has 0 spiro atoms. The van der Waals surface area contributed by atoms with Gasteiger partial charge < -0.3 is 5.73 Å². The monoisotopic (exact) mass is 253 g/mol. The molecule has 2 rings (SSSR count). The van der Waals surface area contributed by atoms with Gasteiger partial charge in [0, 0.05) is 6.04 Å². The fraction of sp³-hybridized carbons (Fsp3) is 0.333. The van der Waals surface area contributed by atoms with Gasteiger partial charge in [0.15, 0.2) is 0 Å². The van der Waals surface area contributed by atoms with E-state index in [4.69, 9.17) is 5.73 Å². The van der Waals surface area contributed by atoms with E-state index in [0.717, 1.165) is 6.42 Å². The van der Waals surface area contributed by atoms with Crippen LogP contribution in [0, 0.1) is 27.7 Å². The summed E-state index contributed by atoms with van der Waals surface area (Å²) in [7, 11) is 0. The van der Waals surface area contributed by atoms with Gasteiger partial charge in [-0.2, -0.15) is 0 Å². The van der Waals surface area contributed by atoms with Crippen LogP contribution in [0.4, 0.5) is 0 Å². The van der Waals surface area contributed by atoms with Crippen molar-refractivity contribution in [3.63, 3.8) is 0 Å². The molecule has 1 atom stereocenters. The van der Waals surface area contributed by atoms with E-state index in [1.54, 1.807) is 0 Å². The molecule has 1 unspecified atom stereocenters. The van der Waals surface area contributed by atoms with Gasteiger partial charge in [0.25, 0.3) is 0 Å². The normalized spacial score (nSPS) is 12.5. The summed E-state index contributed by atoms with van der Waals surface area (Å²) >= 11 is 0. The van der Waals surface area contributed by atoms with Crippen molar-refractivity contribution in [3.8, 4) is 0 Å². The highest BCUT2D eigenvalue weighted by atomic mass is 14.6. The van der Waals surface area contributed by atoms with Crippen LogP contribution in [0.15, 0.2) is 36.4 Å². The Morgan fingerprint density at radius 3 is 2.16 bits per heavy atom. The van der Waals surface area contributed by atoms with Crippen LogP contribution in [-0.4, -0.2) is 0 Å². The van der Waals surface area contributed by atoms with Crippen molar-refractivity contribution in [1.29, 1.82) is 0 Å². The van der Waals surface area contributed by atoms with Crippen molar-refractivity contribution in [2.45, 2.75) is 40.2 Å². The first-order valence-electron chi connectivity index (χ1n) is 6.87. The maximum Gasteiger partial charge on any atom is 0.0338 e. The average molecular weight is 253 g/mol. The third-order valence-corrected chi connectivity index (χ3v) is 3.90. The zero-order valence-corrected chi connectivity index (χ0v) is 12.3. The van der Waals surface area contributed by atoms with Crippen LogP contribution in [0.2, 0.25) is 0 Å². The first-order chi connectivity index (χ1) is 8.99. The van der Waals surface area contributed by atoms with E-state index in [2.05, 4.69) is 64.1 Å². The lowest BCUT2D eigenvalue weighted by Gasteiger charge is -2.18. The van der Waals surface area contributed by atoms with Gasteiger partial charge in [0.2, 0.25) is 0 Å². The van der Waals surface area contributed by atoms with Gasteiger partial charge in [0.05, 0.1) is 0 Å². The zero-order chi connectivity index (χ0) is 14.0. The summed E-state index contributed by atoms with van der Waals surface area (Å²) < 4.78 is 0. The van der Waals surface area contributed by atoms with Gasteiger partial charge in [-0.25, -0.2) is 0 Å². The smallest absolute Gasteiger partial charge is 0.0338 e. The highest BCUT2D eigenvalue weighted by Crippen LogP contribution is 2.24. The predicted molar refractivity (Wildman–Crippen MR) is 82.5 cm³/mol. The molecule has 100 valence electrons. The van der Waals surface area contributed by atoms with E-state index in [1.807, 2.05) is 0 Å². The van der Waals surface area contributed by atoms with E-state index in [0.29, 0.717) is 0 Å². The molecule has 2 aromatic carbocycles. The molecular weight excluding hydrogens is 230 g/mol. The topological polar surface area (TPSA) is 26.0 Å². The highest BCUT2D eigenvalue weighted by Gasteiger charge is 2.12. The molecule has 0 aliphatic carbocycles. The molecule has 19 heavy (non-hydrogen) atoms. The lowest BCUT2D eigenvalue weighted by atomic mass is 9.91. The number of aryl methyl sites for hydroxylation is 4. The highest BCUT2D eigenvalue weighted by molar-refractivity contribution is 5.38. The van der Waals surface area contributed by atoms with Gasteiger partial charge in [-0.3, -0.25) is 0 Å². The second-order valence-corrected chi connectivity index (χ2v) is 5.54. The molecule has 0 aliphatic heterocycles. The molecule has 0 fully saturated rings. The summed E-state index contributed by atoms with van der Waals surface area (Å²) in [5.74, 6) is 0. The summed E-state index contributed by atoms with van der Waals surface area (Å²) in [5, 5.41) is 0. The van der Waals surface area contributed by atoms with Crippen LogP contribution < -0.4 is 5.73 Å². The van der Waals surface area contributed by atoms with Gasteiger partial charge in [-0.15, -0.1) is 0 Å². The van der Waals surface area contributed by atoms with Crippen molar-refractivity contribution < 1.29 is 0 Å². The Bertz CT molecular complexity index is 564. The summed E-state index contributed by atoms with van der Waals surface area (Å²) in [6, 6.07) is 13.0. The lowest BCUT2D eigenvalue weighted by Crippen LogP contribution is -2.16. The third kappa shape index (κ3) is 3.05. The van der Waals surface area contributed by atoms with E-state index in [1.165, 1.54) is 33.4 Å².